The van der Waals surface area contributed by atoms with Crippen LogP contribution in [-0.4, -0.2) is 28.1 Å². The molecule has 0 saturated heterocycles. The molecule has 0 spiro atoms. The first-order chi connectivity index (χ1) is 9.78. The molecule has 4 nitrogen and oxygen atoms in total. The molecule has 0 fully saturated rings. The van der Waals surface area contributed by atoms with Crippen LogP contribution in [0.5, 0.6) is 0 Å². The average molecular weight is 272 g/mol. The molecular formula is C16H20N2O2. The van der Waals surface area contributed by atoms with E-state index in [1.165, 1.54) is 11.1 Å². The summed E-state index contributed by atoms with van der Waals surface area (Å²) in [5, 5.41) is 9.34. The van der Waals surface area contributed by atoms with Gasteiger partial charge in [-0.05, 0) is 30.9 Å². The summed E-state index contributed by atoms with van der Waals surface area (Å²) in [6, 6.07) is 8.92. The van der Waals surface area contributed by atoms with Gasteiger partial charge in [-0.15, -0.1) is 0 Å². The van der Waals surface area contributed by atoms with Crippen molar-refractivity contribution >= 4 is 0 Å². The number of oxazole rings is 1. The number of aryl methyl sites for hydroxylation is 2. The molecule has 0 amide bonds. The lowest BCUT2D eigenvalue weighted by Gasteiger charge is -2.27. The van der Waals surface area contributed by atoms with Gasteiger partial charge in [0.1, 0.15) is 5.76 Å². The van der Waals surface area contributed by atoms with E-state index in [1.807, 2.05) is 6.92 Å². The third-order valence-electron chi connectivity index (χ3n) is 3.94. The zero-order chi connectivity index (χ0) is 13.9. The molecule has 4 heteroatoms. The smallest absolute Gasteiger partial charge is 0.208 e. The van der Waals surface area contributed by atoms with Crippen LogP contribution in [0.2, 0.25) is 0 Å². The Morgan fingerprint density at radius 3 is 3.00 bits per heavy atom. The first kappa shape index (κ1) is 13.3. The lowest BCUT2D eigenvalue weighted by atomic mass is 10.1. The quantitative estimate of drug-likeness (QED) is 0.908. The van der Waals surface area contributed by atoms with Crippen molar-refractivity contribution in [2.75, 3.05) is 13.2 Å². The van der Waals surface area contributed by atoms with Crippen molar-refractivity contribution in [2.24, 2.45) is 0 Å². The molecule has 0 saturated carbocycles. The molecule has 2 aromatic rings. The second kappa shape index (κ2) is 5.77. The van der Waals surface area contributed by atoms with E-state index in [9.17, 15) is 5.11 Å². The fraction of sp³-hybridized carbons (Fsp3) is 0.438. The molecule has 1 heterocycles. The van der Waals surface area contributed by atoms with Crippen LogP contribution in [0.15, 0.2) is 34.9 Å². The highest BCUT2D eigenvalue weighted by Gasteiger charge is 2.28. The molecule has 1 aliphatic carbocycles. The third-order valence-corrected chi connectivity index (χ3v) is 3.94. The van der Waals surface area contributed by atoms with Crippen LogP contribution in [0, 0.1) is 6.92 Å². The molecule has 1 unspecified atom stereocenters. The second-order valence-corrected chi connectivity index (χ2v) is 5.31. The molecule has 0 bridgehead atoms. The van der Waals surface area contributed by atoms with Crippen molar-refractivity contribution in [1.29, 1.82) is 0 Å². The molecule has 106 valence electrons. The average Bonchev–Trinajstić information content (AvgIpc) is 3.04. The van der Waals surface area contributed by atoms with Crippen LogP contribution in [-0.2, 0) is 13.0 Å². The fourth-order valence-corrected chi connectivity index (χ4v) is 3.04. The van der Waals surface area contributed by atoms with Gasteiger partial charge in [0.25, 0.3) is 0 Å². The SMILES string of the molecule is Cc1cnc(CN(CCO)C2CCc3ccccc32)o1. The summed E-state index contributed by atoms with van der Waals surface area (Å²) < 4.78 is 5.57. The highest BCUT2D eigenvalue weighted by Crippen LogP contribution is 2.36. The van der Waals surface area contributed by atoms with Gasteiger partial charge in [0, 0.05) is 12.6 Å². The van der Waals surface area contributed by atoms with Gasteiger partial charge in [-0.25, -0.2) is 4.98 Å². The predicted octanol–water partition coefficient (Wildman–Crippen LogP) is 2.46. The van der Waals surface area contributed by atoms with Crippen molar-refractivity contribution in [1.82, 2.24) is 9.88 Å². The highest BCUT2D eigenvalue weighted by atomic mass is 16.4. The number of hydrogen-bond acceptors (Lipinski definition) is 4. The van der Waals surface area contributed by atoms with Gasteiger partial charge in [-0.2, -0.15) is 0 Å². The number of aliphatic hydroxyl groups excluding tert-OH is 1. The number of aliphatic hydroxyl groups is 1. The molecule has 1 aliphatic rings. The topological polar surface area (TPSA) is 49.5 Å². The van der Waals surface area contributed by atoms with Crippen molar-refractivity contribution in [3.8, 4) is 0 Å². The van der Waals surface area contributed by atoms with Crippen LogP contribution in [0.3, 0.4) is 0 Å². The Morgan fingerprint density at radius 1 is 1.40 bits per heavy atom. The number of nitrogens with zero attached hydrogens (tertiary/aromatic N) is 2. The molecule has 0 aliphatic heterocycles. The molecule has 20 heavy (non-hydrogen) atoms. The molecule has 1 aromatic carbocycles. The molecule has 3 rings (SSSR count). The Morgan fingerprint density at radius 2 is 2.25 bits per heavy atom. The standard InChI is InChI=1S/C16H20N2O2/c1-12-10-17-16(20-12)11-18(8-9-19)15-7-6-13-4-2-3-5-14(13)15/h2-5,10,15,19H,6-9,11H2,1H3. The number of benzene rings is 1. The maximum atomic E-state index is 9.34. The molecular weight excluding hydrogens is 252 g/mol. The number of rotatable bonds is 5. The van der Waals surface area contributed by atoms with Crippen molar-refractivity contribution in [3.63, 3.8) is 0 Å². The summed E-state index contributed by atoms with van der Waals surface area (Å²) in [6.45, 7) is 3.34. The second-order valence-electron chi connectivity index (χ2n) is 5.31. The number of hydrogen-bond donors (Lipinski definition) is 1. The van der Waals surface area contributed by atoms with Crippen LogP contribution in [0.25, 0.3) is 0 Å². The van der Waals surface area contributed by atoms with Gasteiger partial charge in [-0.3, -0.25) is 4.90 Å². The van der Waals surface area contributed by atoms with Gasteiger partial charge in [0.15, 0.2) is 0 Å². The van der Waals surface area contributed by atoms with E-state index in [0.717, 1.165) is 24.5 Å². The summed E-state index contributed by atoms with van der Waals surface area (Å²) in [7, 11) is 0. The van der Waals surface area contributed by atoms with Crippen molar-refractivity contribution < 1.29 is 9.52 Å². The maximum absolute atomic E-state index is 9.34. The van der Waals surface area contributed by atoms with E-state index in [0.29, 0.717) is 19.1 Å². The molecule has 1 N–H and O–H groups in total. The van der Waals surface area contributed by atoms with Crippen LogP contribution in [0.1, 0.15) is 35.2 Å². The number of fused-ring (bicyclic) bond motifs is 1. The highest BCUT2D eigenvalue weighted by molar-refractivity contribution is 5.34. The summed E-state index contributed by atoms with van der Waals surface area (Å²) in [6.07, 6.45) is 3.95. The monoisotopic (exact) mass is 272 g/mol. The lowest BCUT2D eigenvalue weighted by molar-refractivity contribution is 0.131. The van der Waals surface area contributed by atoms with E-state index in [1.54, 1.807) is 6.20 Å². The van der Waals surface area contributed by atoms with Crippen LogP contribution < -0.4 is 0 Å². The van der Waals surface area contributed by atoms with E-state index in [-0.39, 0.29) is 6.61 Å². The minimum absolute atomic E-state index is 0.151. The first-order valence-corrected chi connectivity index (χ1v) is 7.12. The fourth-order valence-electron chi connectivity index (χ4n) is 3.04. The van der Waals surface area contributed by atoms with E-state index in [2.05, 4.69) is 34.1 Å². The van der Waals surface area contributed by atoms with E-state index < -0.39 is 0 Å². The maximum Gasteiger partial charge on any atom is 0.208 e. The number of aromatic nitrogens is 1. The Hall–Kier alpha value is -1.65. The lowest BCUT2D eigenvalue weighted by Crippen LogP contribution is -2.30. The molecule has 1 atom stereocenters. The van der Waals surface area contributed by atoms with Crippen molar-refractivity contribution in [2.45, 2.75) is 32.4 Å². The minimum atomic E-state index is 0.151. The zero-order valence-corrected chi connectivity index (χ0v) is 11.7. The van der Waals surface area contributed by atoms with Gasteiger partial charge in [-0.1, -0.05) is 24.3 Å². The van der Waals surface area contributed by atoms with Crippen molar-refractivity contribution in [3.05, 3.63) is 53.2 Å². The molecule has 0 radical (unpaired) electrons. The summed E-state index contributed by atoms with van der Waals surface area (Å²) >= 11 is 0. The van der Waals surface area contributed by atoms with E-state index in [4.69, 9.17) is 4.42 Å². The van der Waals surface area contributed by atoms with Crippen LogP contribution in [0.4, 0.5) is 0 Å². The van der Waals surface area contributed by atoms with Gasteiger partial charge in [0.05, 0.1) is 19.3 Å². The van der Waals surface area contributed by atoms with Gasteiger partial charge >= 0.3 is 0 Å². The zero-order valence-electron chi connectivity index (χ0n) is 11.7. The Balaban J connectivity index is 1.81. The first-order valence-electron chi connectivity index (χ1n) is 7.12. The molecule has 1 aromatic heterocycles. The summed E-state index contributed by atoms with van der Waals surface area (Å²) in [5.74, 6) is 1.55. The third kappa shape index (κ3) is 2.62. The van der Waals surface area contributed by atoms with Gasteiger partial charge in [0.2, 0.25) is 5.89 Å². The Bertz CT molecular complexity index is 579. The summed E-state index contributed by atoms with van der Waals surface area (Å²) in [5.41, 5.74) is 2.80. The largest absolute Gasteiger partial charge is 0.445 e. The normalized spacial score (nSPS) is 17.6. The van der Waals surface area contributed by atoms with E-state index >= 15 is 0 Å². The van der Waals surface area contributed by atoms with Crippen LogP contribution >= 0.6 is 0 Å². The minimum Gasteiger partial charge on any atom is -0.445 e. The predicted molar refractivity (Wildman–Crippen MR) is 76.2 cm³/mol. The summed E-state index contributed by atoms with van der Waals surface area (Å²) in [4.78, 5) is 6.54. The Kier molecular flexibility index (Phi) is 3.85. The van der Waals surface area contributed by atoms with Gasteiger partial charge < -0.3 is 9.52 Å². The Labute approximate surface area is 119 Å².